The number of nitrogens with one attached hydrogen (secondary N) is 2. The maximum atomic E-state index is 13.1. The van der Waals surface area contributed by atoms with Gasteiger partial charge in [-0.25, -0.2) is 0 Å². The van der Waals surface area contributed by atoms with E-state index in [1.54, 1.807) is 49.4 Å². The van der Waals surface area contributed by atoms with Gasteiger partial charge in [-0.15, -0.1) is 0 Å². The van der Waals surface area contributed by atoms with Crippen LogP contribution in [0.3, 0.4) is 0 Å². The van der Waals surface area contributed by atoms with Crippen LogP contribution in [0.1, 0.15) is 17.3 Å². The molecule has 0 saturated carbocycles. The van der Waals surface area contributed by atoms with Crippen molar-refractivity contribution in [3.63, 3.8) is 0 Å². The third-order valence-corrected chi connectivity index (χ3v) is 5.32. The van der Waals surface area contributed by atoms with E-state index in [4.69, 9.17) is 9.47 Å². The summed E-state index contributed by atoms with van der Waals surface area (Å²) in [6.45, 7) is 2.64. The second kappa shape index (κ2) is 10.6. The molecule has 0 aromatic heterocycles. The summed E-state index contributed by atoms with van der Waals surface area (Å²) in [5.41, 5.74) is 1.33. The van der Waals surface area contributed by atoms with Gasteiger partial charge in [-0.05, 0) is 43.3 Å². The lowest BCUT2D eigenvalue weighted by molar-refractivity contribution is -0.383. The number of fused-ring (bicyclic) bond motifs is 1. The first-order valence-corrected chi connectivity index (χ1v) is 11.0. The molecule has 4 rings (SSSR count). The summed E-state index contributed by atoms with van der Waals surface area (Å²) in [5, 5.41) is 17.4. The van der Waals surface area contributed by atoms with E-state index in [-0.39, 0.29) is 30.0 Å². The average Bonchev–Trinajstić information content (AvgIpc) is 2.87. The van der Waals surface area contributed by atoms with E-state index in [9.17, 15) is 19.7 Å². The van der Waals surface area contributed by atoms with E-state index in [0.717, 1.165) is 0 Å². The lowest BCUT2D eigenvalue weighted by Crippen LogP contribution is -2.37. The van der Waals surface area contributed by atoms with Crippen LogP contribution in [0.25, 0.3) is 0 Å². The van der Waals surface area contributed by atoms with Crippen LogP contribution in [-0.4, -0.2) is 47.9 Å². The smallest absolute Gasteiger partial charge is 0.293 e. The highest BCUT2D eigenvalue weighted by Gasteiger charge is 2.22. The highest BCUT2D eigenvalue weighted by Crippen LogP contribution is 2.33. The standard InChI is InChI=1S/C25H24N4O6/c1-2-28(16-24(30)27-19-9-11-22-23(15-19)35-13-12-34-22)25(31)17-8-10-20(21(14-17)29(32)33)26-18-6-4-3-5-7-18/h3-11,14-15,26H,2,12-13,16H2,1H3,(H,27,30). The Balaban J connectivity index is 1.46. The number of nitro groups is 1. The Kier molecular flexibility index (Phi) is 7.10. The molecule has 10 heteroatoms. The van der Waals surface area contributed by atoms with Crippen molar-refractivity contribution in [2.45, 2.75) is 6.92 Å². The summed E-state index contributed by atoms with van der Waals surface area (Å²) in [5.74, 6) is 0.244. The third-order valence-electron chi connectivity index (χ3n) is 5.32. The van der Waals surface area contributed by atoms with E-state index < -0.39 is 16.7 Å². The molecule has 2 N–H and O–H groups in total. The van der Waals surface area contributed by atoms with Gasteiger partial charge in [0.05, 0.1) is 4.92 Å². The SMILES string of the molecule is CCN(CC(=O)Nc1ccc2c(c1)OCCO2)C(=O)c1ccc(Nc2ccccc2)c([N+](=O)[O-])c1. The monoisotopic (exact) mass is 476 g/mol. The minimum absolute atomic E-state index is 0.115. The molecular weight excluding hydrogens is 452 g/mol. The lowest BCUT2D eigenvalue weighted by Gasteiger charge is -2.21. The molecule has 1 heterocycles. The Bertz CT molecular complexity index is 1250. The van der Waals surface area contributed by atoms with Gasteiger partial charge in [-0.3, -0.25) is 19.7 Å². The summed E-state index contributed by atoms with van der Waals surface area (Å²) < 4.78 is 11.0. The summed E-state index contributed by atoms with van der Waals surface area (Å²) in [7, 11) is 0. The van der Waals surface area contributed by atoms with Gasteiger partial charge in [0.25, 0.3) is 11.6 Å². The largest absolute Gasteiger partial charge is 0.486 e. The van der Waals surface area contributed by atoms with E-state index >= 15 is 0 Å². The number of carbonyl (C=O) groups excluding carboxylic acids is 2. The van der Waals surface area contributed by atoms with Crippen LogP contribution >= 0.6 is 0 Å². The Morgan fingerprint density at radius 1 is 0.971 bits per heavy atom. The van der Waals surface area contributed by atoms with Crippen molar-refractivity contribution in [2.75, 3.05) is 36.9 Å². The van der Waals surface area contributed by atoms with Gasteiger partial charge >= 0.3 is 0 Å². The summed E-state index contributed by atoms with van der Waals surface area (Å²) in [6.07, 6.45) is 0. The van der Waals surface area contributed by atoms with Gasteiger partial charge < -0.3 is 25.0 Å². The maximum absolute atomic E-state index is 13.1. The number of nitro benzene ring substituents is 1. The molecular formula is C25H24N4O6. The van der Waals surface area contributed by atoms with Gasteiger partial charge in [0.15, 0.2) is 11.5 Å². The first-order chi connectivity index (χ1) is 16.9. The number of hydrogen-bond acceptors (Lipinski definition) is 7. The van der Waals surface area contributed by atoms with Crippen LogP contribution in [0.4, 0.5) is 22.7 Å². The van der Waals surface area contributed by atoms with Crippen LogP contribution < -0.4 is 20.1 Å². The van der Waals surface area contributed by atoms with Gasteiger partial charge in [0, 0.05) is 35.6 Å². The number of rotatable bonds is 8. The van der Waals surface area contributed by atoms with Crippen molar-refractivity contribution < 1.29 is 24.0 Å². The molecule has 180 valence electrons. The Morgan fingerprint density at radius 2 is 1.71 bits per heavy atom. The fourth-order valence-electron chi connectivity index (χ4n) is 3.60. The number of carbonyl (C=O) groups is 2. The highest BCUT2D eigenvalue weighted by atomic mass is 16.6. The van der Waals surface area contributed by atoms with Crippen molar-refractivity contribution in [1.82, 2.24) is 4.90 Å². The van der Waals surface area contributed by atoms with Crippen LogP contribution in [-0.2, 0) is 4.79 Å². The van der Waals surface area contributed by atoms with Crippen LogP contribution in [0.5, 0.6) is 11.5 Å². The Morgan fingerprint density at radius 3 is 2.43 bits per heavy atom. The highest BCUT2D eigenvalue weighted by molar-refractivity contribution is 6.00. The number of likely N-dealkylation sites (N-methyl/N-ethyl adjacent to an activating group) is 1. The molecule has 1 aliphatic rings. The fourth-order valence-corrected chi connectivity index (χ4v) is 3.60. The molecule has 0 radical (unpaired) electrons. The van der Waals surface area contributed by atoms with Gasteiger partial charge in [-0.1, -0.05) is 18.2 Å². The second-order valence-corrected chi connectivity index (χ2v) is 7.71. The molecule has 0 aliphatic carbocycles. The molecule has 0 fully saturated rings. The predicted molar refractivity (Wildman–Crippen MR) is 130 cm³/mol. The molecule has 35 heavy (non-hydrogen) atoms. The first-order valence-electron chi connectivity index (χ1n) is 11.0. The molecule has 3 aromatic carbocycles. The van der Waals surface area contributed by atoms with E-state index in [1.807, 2.05) is 6.07 Å². The molecule has 0 saturated heterocycles. The quantitative estimate of drug-likeness (QED) is 0.369. The normalized spacial score (nSPS) is 11.9. The fraction of sp³-hybridized carbons (Fsp3) is 0.200. The summed E-state index contributed by atoms with van der Waals surface area (Å²) >= 11 is 0. The number of anilines is 3. The molecule has 0 spiro atoms. The third kappa shape index (κ3) is 5.67. The number of para-hydroxylation sites is 1. The van der Waals surface area contributed by atoms with Gasteiger partial charge in [-0.2, -0.15) is 0 Å². The summed E-state index contributed by atoms with van der Waals surface area (Å²) in [4.78, 5) is 38.1. The van der Waals surface area contributed by atoms with Crippen molar-refractivity contribution >= 4 is 34.6 Å². The number of hydrogen-bond donors (Lipinski definition) is 2. The Labute approximate surface area is 201 Å². The van der Waals surface area contributed by atoms with Crippen LogP contribution in [0, 0.1) is 10.1 Å². The molecule has 3 aromatic rings. The number of ether oxygens (including phenoxy) is 2. The first kappa shape index (κ1) is 23.6. The van der Waals surface area contributed by atoms with Crippen molar-refractivity contribution in [1.29, 1.82) is 0 Å². The molecule has 10 nitrogen and oxygen atoms in total. The summed E-state index contributed by atoms with van der Waals surface area (Å²) in [6, 6.07) is 18.3. The van der Waals surface area contributed by atoms with Crippen molar-refractivity contribution in [2.24, 2.45) is 0 Å². The topological polar surface area (TPSA) is 123 Å². The maximum Gasteiger partial charge on any atom is 0.293 e. The molecule has 2 amide bonds. The lowest BCUT2D eigenvalue weighted by atomic mass is 10.1. The number of amides is 2. The van der Waals surface area contributed by atoms with Crippen molar-refractivity contribution in [3.05, 3.63) is 82.4 Å². The van der Waals surface area contributed by atoms with Gasteiger partial charge in [0.2, 0.25) is 5.91 Å². The van der Waals surface area contributed by atoms with Crippen molar-refractivity contribution in [3.8, 4) is 11.5 Å². The zero-order valence-electron chi connectivity index (χ0n) is 19.0. The van der Waals surface area contributed by atoms with Gasteiger partial charge in [0.1, 0.15) is 25.4 Å². The minimum Gasteiger partial charge on any atom is -0.486 e. The minimum atomic E-state index is -0.549. The molecule has 0 bridgehead atoms. The second-order valence-electron chi connectivity index (χ2n) is 7.71. The van der Waals surface area contributed by atoms with E-state index in [1.165, 1.54) is 23.1 Å². The molecule has 0 atom stereocenters. The zero-order chi connectivity index (χ0) is 24.8. The number of nitrogens with zero attached hydrogens (tertiary/aromatic N) is 2. The predicted octanol–water partition coefficient (Wildman–Crippen LogP) is 4.21. The molecule has 1 aliphatic heterocycles. The zero-order valence-corrected chi connectivity index (χ0v) is 19.0. The van der Waals surface area contributed by atoms with E-state index in [0.29, 0.717) is 36.1 Å². The Hall–Kier alpha value is -4.60. The molecule has 0 unspecified atom stereocenters. The number of benzene rings is 3. The van der Waals surface area contributed by atoms with Crippen LogP contribution in [0.2, 0.25) is 0 Å². The van der Waals surface area contributed by atoms with Crippen LogP contribution in [0.15, 0.2) is 66.7 Å². The van der Waals surface area contributed by atoms with E-state index in [2.05, 4.69) is 10.6 Å². The average molecular weight is 476 g/mol.